The summed E-state index contributed by atoms with van der Waals surface area (Å²) in [7, 11) is 1.35. The number of methoxy groups -OCH3 is 1. The van der Waals surface area contributed by atoms with Crippen LogP contribution in [0.5, 0.6) is 0 Å². The van der Waals surface area contributed by atoms with E-state index in [2.05, 4.69) is 16.4 Å². The Bertz CT molecular complexity index is 705. The van der Waals surface area contributed by atoms with Crippen molar-refractivity contribution in [2.45, 2.75) is 25.9 Å². The number of hydrogen-bond acceptors (Lipinski definition) is 6. The predicted octanol–water partition coefficient (Wildman–Crippen LogP) is 2.89. The highest BCUT2D eigenvalue weighted by molar-refractivity contribution is 7.09. The Kier molecular flexibility index (Phi) is 5.26. The van der Waals surface area contributed by atoms with Gasteiger partial charge in [-0.3, -0.25) is 5.32 Å². The topological polar surface area (TPSA) is 75.0 Å². The number of aromatic nitrogens is 1. The van der Waals surface area contributed by atoms with Gasteiger partial charge in [-0.1, -0.05) is 12.1 Å². The first-order chi connectivity index (χ1) is 10.5. The first kappa shape index (κ1) is 16.1. The van der Waals surface area contributed by atoms with Gasteiger partial charge in [-0.05, 0) is 31.5 Å². The van der Waals surface area contributed by atoms with E-state index in [0.29, 0.717) is 11.1 Å². The molecule has 0 radical (unpaired) electrons. The lowest BCUT2D eigenvalue weighted by Crippen LogP contribution is -2.32. The van der Waals surface area contributed by atoms with E-state index in [-0.39, 0.29) is 6.04 Å². The number of esters is 1. The lowest BCUT2D eigenvalue weighted by Gasteiger charge is -2.21. The number of nitrogens with zero attached hydrogens (tertiary/aromatic N) is 2. The molecule has 114 valence electrons. The number of carbonyl (C=O) groups excluding carboxylic acids is 1. The molecule has 1 aromatic carbocycles. The van der Waals surface area contributed by atoms with Crippen molar-refractivity contribution in [3.8, 4) is 6.07 Å². The van der Waals surface area contributed by atoms with E-state index in [1.54, 1.807) is 35.6 Å². The van der Waals surface area contributed by atoms with Crippen LogP contribution in [0.2, 0.25) is 0 Å². The van der Waals surface area contributed by atoms with Gasteiger partial charge in [0.1, 0.15) is 6.04 Å². The van der Waals surface area contributed by atoms with Gasteiger partial charge in [0.05, 0.1) is 29.4 Å². The molecular weight excluding hydrogens is 298 g/mol. The number of thiazole rings is 1. The van der Waals surface area contributed by atoms with Crippen LogP contribution in [0.25, 0.3) is 0 Å². The Morgan fingerprint density at radius 1 is 1.50 bits per heavy atom. The first-order valence-electron chi connectivity index (χ1n) is 6.81. The molecule has 2 atom stereocenters. The summed E-state index contributed by atoms with van der Waals surface area (Å²) in [5, 5.41) is 15.2. The van der Waals surface area contributed by atoms with Crippen molar-refractivity contribution >= 4 is 17.3 Å². The smallest absolute Gasteiger partial charge is 0.327 e. The van der Waals surface area contributed by atoms with Gasteiger partial charge in [-0.25, -0.2) is 9.78 Å². The molecule has 1 aromatic heterocycles. The van der Waals surface area contributed by atoms with Crippen LogP contribution in [0.1, 0.15) is 40.8 Å². The molecule has 0 amide bonds. The predicted molar refractivity (Wildman–Crippen MR) is 84.3 cm³/mol. The fourth-order valence-corrected chi connectivity index (χ4v) is 2.83. The number of nitrogens with one attached hydrogen (secondary N) is 1. The zero-order valence-corrected chi connectivity index (χ0v) is 13.5. The van der Waals surface area contributed by atoms with Crippen LogP contribution >= 0.6 is 11.3 Å². The number of benzene rings is 1. The summed E-state index contributed by atoms with van der Waals surface area (Å²) < 4.78 is 4.88. The molecule has 0 aliphatic carbocycles. The fraction of sp³-hybridized carbons (Fsp3) is 0.312. The molecule has 0 bridgehead atoms. The lowest BCUT2D eigenvalue weighted by molar-refractivity contribution is -0.143. The van der Waals surface area contributed by atoms with Gasteiger partial charge in [-0.2, -0.15) is 5.26 Å². The molecule has 2 aromatic rings. The number of carbonyl (C=O) groups is 1. The highest BCUT2D eigenvalue weighted by Crippen LogP contribution is 2.22. The highest BCUT2D eigenvalue weighted by atomic mass is 32.1. The van der Waals surface area contributed by atoms with Gasteiger partial charge in [0.15, 0.2) is 0 Å². The Morgan fingerprint density at radius 2 is 2.27 bits per heavy atom. The van der Waals surface area contributed by atoms with Gasteiger partial charge in [-0.15, -0.1) is 11.3 Å². The SMILES string of the molecule is COC(=O)[C@H](N[C@@H](C)c1csc(C)n1)c1cccc(C#N)c1. The van der Waals surface area contributed by atoms with Gasteiger partial charge in [0.2, 0.25) is 0 Å². The maximum Gasteiger partial charge on any atom is 0.327 e. The Labute approximate surface area is 133 Å². The van der Waals surface area contributed by atoms with E-state index >= 15 is 0 Å². The zero-order chi connectivity index (χ0) is 16.1. The van der Waals surface area contributed by atoms with Crippen LogP contribution in [-0.2, 0) is 9.53 Å². The minimum absolute atomic E-state index is 0.111. The molecule has 0 aliphatic rings. The van der Waals surface area contributed by atoms with Crippen LogP contribution in [-0.4, -0.2) is 18.1 Å². The van der Waals surface area contributed by atoms with Crippen LogP contribution in [0.3, 0.4) is 0 Å². The molecule has 1 N–H and O–H groups in total. The maximum atomic E-state index is 12.1. The van der Waals surface area contributed by atoms with Gasteiger partial charge >= 0.3 is 5.97 Å². The molecule has 2 rings (SSSR count). The lowest BCUT2D eigenvalue weighted by atomic mass is 10.0. The second-order valence-corrected chi connectivity index (χ2v) is 5.94. The third-order valence-electron chi connectivity index (χ3n) is 3.28. The minimum Gasteiger partial charge on any atom is -0.468 e. The maximum absolute atomic E-state index is 12.1. The summed E-state index contributed by atoms with van der Waals surface area (Å²) in [4.78, 5) is 16.5. The molecule has 5 nitrogen and oxygen atoms in total. The van der Waals surface area contributed by atoms with Gasteiger partial charge in [0.25, 0.3) is 0 Å². The van der Waals surface area contributed by atoms with Crippen LogP contribution in [0.4, 0.5) is 0 Å². The van der Waals surface area contributed by atoms with Crippen molar-refractivity contribution < 1.29 is 9.53 Å². The average Bonchev–Trinajstić information content (AvgIpc) is 2.98. The molecule has 1 heterocycles. The zero-order valence-electron chi connectivity index (χ0n) is 12.7. The summed E-state index contributed by atoms with van der Waals surface area (Å²) in [5.41, 5.74) is 2.09. The van der Waals surface area contributed by atoms with E-state index in [9.17, 15) is 4.79 Å². The number of rotatable bonds is 5. The number of hydrogen-bond donors (Lipinski definition) is 1. The Morgan fingerprint density at radius 3 is 2.86 bits per heavy atom. The first-order valence-corrected chi connectivity index (χ1v) is 7.69. The largest absolute Gasteiger partial charge is 0.468 e. The summed E-state index contributed by atoms with van der Waals surface area (Å²) in [6.07, 6.45) is 0. The highest BCUT2D eigenvalue weighted by Gasteiger charge is 2.24. The molecule has 0 fully saturated rings. The number of nitriles is 1. The Balaban J connectivity index is 2.26. The molecule has 0 saturated carbocycles. The van der Waals surface area contributed by atoms with Crippen LogP contribution in [0, 0.1) is 18.3 Å². The van der Waals surface area contributed by atoms with Crippen LogP contribution < -0.4 is 5.32 Å². The number of ether oxygens (including phenoxy) is 1. The van der Waals surface area contributed by atoms with E-state index in [4.69, 9.17) is 10.00 Å². The van der Waals surface area contributed by atoms with E-state index in [0.717, 1.165) is 10.7 Å². The van der Waals surface area contributed by atoms with E-state index in [1.807, 2.05) is 19.2 Å². The molecule has 6 heteroatoms. The molecule has 0 unspecified atom stereocenters. The second-order valence-electron chi connectivity index (χ2n) is 4.87. The number of aryl methyl sites for hydroxylation is 1. The summed E-state index contributed by atoms with van der Waals surface area (Å²) in [6, 6.07) is 8.26. The van der Waals surface area contributed by atoms with E-state index < -0.39 is 12.0 Å². The molecule has 0 spiro atoms. The van der Waals surface area contributed by atoms with Gasteiger partial charge in [0, 0.05) is 11.4 Å². The second kappa shape index (κ2) is 7.16. The standard InChI is InChI=1S/C16H17N3O2S/c1-10(14-9-22-11(2)19-14)18-15(16(20)21-3)13-6-4-5-12(7-13)8-17/h4-7,9-10,15,18H,1-3H3/t10-,15+/m0/s1. The van der Waals surface area contributed by atoms with Crippen molar-refractivity contribution in [1.29, 1.82) is 5.26 Å². The quantitative estimate of drug-likeness (QED) is 0.859. The monoisotopic (exact) mass is 315 g/mol. The molecule has 0 aliphatic heterocycles. The summed E-state index contributed by atoms with van der Waals surface area (Å²) >= 11 is 1.57. The third kappa shape index (κ3) is 3.70. The summed E-state index contributed by atoms with van der Waals surface area (Å²) in [6.45, 7) is 3.88. The average molecular weight is 315 g/mol. The normalized spacial score (nSPS) is 13.2. The van der Waals surface area contributed by atoms with Crippen molar-refractivity contribution in [3.63, 3.8) is 0 Å². The summed E-state index contributed by atoms with van der Waals surface area (Å²) in [5.74, 6) is -0.395. The van der Waals surface area contributed by atoms with Gasteiger partial charge < -0.3 is 4.74 Å². The van der Waals surface area contributed by atoms with Crippen molar-refractivity contribution in [2.24, 2.45) is 0 Å². The molecular formula is C16H17N3O2S. The minimum atomic E-state index is -0.643. The molecule has 22 heavy (non-hydrogen) atoms. The van der Waals surface area contributed by atoms with Crippen molar-refractivity contribution in [3.05, 3.63) is 51.5 Å². The van der Waals surface area contributed by atoms with E-state index in [1.165, 1.54) is 7.11 Å². The molecule has 0 saturated heterocycles. The van der Waals surface area contributed by atoms with Crippen molar-refractivity contribution in [2.75, 3.05) is 7.11 Å². The Hall–Kier alpha value is -2.23. The van der Waals surface area contributed by atoms with Crippen molar-refractivity contribution in [1.82, 2.24) is 10.3 Å². The fourth-order valence-electron chi connectivity index (χ4n) is 2.12. The van der Waals surface area contributed by atoms with Crippen LogP contribution in [0.15, 0.2) is 29.6 Å². The third-order valence-corrected chi connectivity index (χ3v) is 4.07.